The summed E-state index contributed by atoms with van der Waals surface area (Å²) < 4.78 is 60.3. The quantitative estimate of drug-likeness (QED) is 0.100. The summed E-state index contributed by atoms with van der Waals surface area (Å²) in [5, 5.41) is 51.5. The van der Waals surface area contributed by atoms with Gasteiger partial charge >= 0.3 is 57.4 Å². The molecule has 8 aliphatic rings. The minimum atomic E-state index is -0.983. The summed E-state index contributed by atoms with van der Waals surface area (Å²) in [6, 6.07) is 0. The van der Waals surface area contributed by atoms with Gasteiger partial charge in [-0.15, -0.1) is 24.0 Å². The molecule has 0 amide bonds. The number of methoxy groups -OCH3 is 1. The number of carbonyl (C=O) groups is 1. The van der Waals surface area contributed by atoms with E-state index in [1.54, 1.807) is 0 Å². The van der Waals surface area contributed by atoms with Gasteiger partial charge in [-0.3, -0.25) is 4.79 Å². The molecule has 16 nitrogen and oxygen atoms in total. The SMILES string of the molecule is C.COCO[C@H]1C[C@H]2O[C@H]3CC=CCO[C@@H]3[C@@H](O)[C@@H]2O[C@@H]1CC(=O)O.C[C@H]1C[C@@H](O)[C@H](CO)O[C@@H]2C[C@@H]3O[C@@H]4[C@@H](C)[C@H](C)C5(CCCO5)O[C@H]4[C@@H](O)[C@H](C)[C@H]3O[C@H]2C1.I.[B].[H-].[K+]. The Balaban J connectivity index is 0.000000412. The van der Waals surface area contributed by atoms with Crippen LogP contribution in [-0.2, 0) is 52.2 Å². The summed E-state index contributed by atoms with van der Waals surface area (Å²) in [5.41, 5.74) is 0. The standard InChI is InChI=1S/C25H42O8.C16H24O8.CH4.B.HI.K.H/c1-12-8-16(27)20(11-26)30-18-10-19-22(31-17(18)9-12)14(3)21(28)24-23(32-19)13(2)15(4)25(33-24)6-5-7-29-25;1-20-8-22-10-6-12-16(24-11(10)7-13(17)18)14(19)15-9(23-12)4-2-3-5-21-15;;;;;/h12-24,26-28H,5-11H2,1-4H3;2-3,9-12,14-16,19H,4-8H2,1H3,(H,17,18);1H4;;1H;;/q;;;;;+1;-1/t12-,13-,14-,15-,16+,17-,18+,19-,20-,21-,22+,23+,24-,25?;9-,10-,11+,12+,14+,15-,16+;;;;;/m00...../s1. The van der Waals surface area contributed by atoms with Crippen molar-refractivity contribution in [3.63, 3.8) is 0 Å². The van der Waals surface area contributed by atoms with E-state index in [0.29, 0.717) is 38.9 Å². The van der Waals surface area contributed by atoms with Gasteiger partial charge in [0.15, 0.2) is 5.79 Å². The number of hydrogen-bond donors (Lipinski definition) is 5. The predicted octanol–water partition coefficient (Wildman–Crippen LogP) is -0.306. The number of carboxylic acids is 1. The molecule has 8 rings (SSSR count). The van der Waals surface area contributed by atoms with Crippen LogP contribution in [0.4, 0.5) is 0 Å². The molecule has 347 valence electrons. The monoisotopic (exact) mass is 1010 g/mol. The molecule has 0 aromatic carbocycles. The molecule has 1 spiro atoms. The number of aliphatic hydroxyl groups is 4. The normalized spacial score (nSPS) is 47.6. The number of halogens is 1. The fraction of sp³-hybridized carbons (Fsp3) is 0.929. The van der Waals surface area contributed by atoms with Crippen molar-refractivity contribution in [3.8, 4) is 0 Å². The van der Waals surface area contributed by atoms with Crippen molar-refractivity contribution in [1.82, 2.24) is 0 Å². The predicted molar refractivity (Wildman–Crippen MR) is 228 cm³/mol. The molecular formula is C42H72BIKO16. The first-order chi connectivity index (χ1) is 27.3. The second-order valence-corrected chi connectivity index (χ2v) is 17.7. The molecule has 19 heteroatoms. The van der Waals surface area contributed by atoms with Crippen molar-refractivity contribution in [1.29, 1.82) is 0 Å². The number of ether oxygens (including phenoxy) is 10. The fourth-order valence-electron chi connectivity index (χ4n) is 10.6. The van der Waals surface area contributed by atoms with Gasteiger partial charge in [0.1, 0.15) is 37.3 Å². The first kappa shape index (κ1) is 56.4. The first-order valence-corrected chi connectivity index (χ1v) is 21.2. The third-order valence-corrected chi connectivity index (χ3v) is 13.9. The molecule has 1 unspecified atom stereocenters. The maximum absolute atomic E-state index is 11.5. The molecule has 8 aliphatic heterocycles. The van der Waals surface area contributed by atoms with E-state index in [9.17, 15) is 25.2 Å². The van der Waals surface area contributed by atoms with E-state index < -0.39 is 66.7 Å². The Morgan fingerprint density at radius 1 is 0.803 bits per heavy atom. The Morgan fingerprint density at radius 3 is 2.18 bits per heavy atom. The van der Waals surface area contributed by atoms with Crippen LogP contribution in [0.2, 0.25) is 0 Å². The number of rotatable bonds is 6. The minimum Gasteiger partial charge on any atom is -1.00 e. The largest absolute Gasteiger partial charge is 1.00 e. The van der Waals surface area contributed by atoms with Crippen molar-refractivity contribution < 1.29 is 131 Å². The molecular weight excluding hydrogens is 937 g/mol. The van der Waals surface area contributed by atoms with Crippen LogP contribution in [-0.4, -0.2) is 177 Å². The first-order valence-electron chi connectivity index (χ1n) is 21.2. The number of hydrogen-bond acceptors (Lipinski definition) is 15. The van der Waals surface area contributed by atoms with Crippen LogP contribution in [0.5, 0.6) is 0 Å². The molecule has 0 aromatic rings. The van der Waals surface area contributed by atoms with Crippen LogP contribution in [0.25, 0.3) is 0 Å². The summed E-state index contributed by atoms with van der Waals surface area (Å²) in [5.74, 6) is -1.28. The number of fused-ring (bicyclic) bond motifs is 5. The van der Waals surface area contributed by atoms with Crippen molar-refractivity contribution >= 4 is 38.4 Å². The van der Waals surface area contributed by atoms with E-state index >= 15 is 0 Å². The van der Waals surface area contributed by atoms with Crippen molar-refractivity contribution in [2.75, 3.05) is 33.7 Å². The molecule has 3 radical (unpaired) electrons. The van der Waals surface area contributed by atoms with E-state index in [-0.39, 0.29) is 179 Å². The zero-order valence-corrected chi connectivity index (χ0v) is 41.4. The second-order valence-electron chi connectivity index (χ2n) is 17.7. The molecule has 8 heterocycles. The van der Waals surface area contributed by atoms with Crippen LogP contribution in [0.3, 0.4) is 0 Å². The van der Waals surface area contributed by atoms with Gasteiger partial charge < -0.3 is 74.3 Å². The minimum absolute atomic E-state index is 0. The summed E-state index contributed by atoms with van der Waals surface area (Å²) >= 11 is 0. The van der Waals surface area contributed by atoms with Gasteiger partial charge in [-0.1, -0.05) is 47.3 Å². The van der Waals surface area contributed by atoms with Crippen LogP contribution < -0.4 is 51.4 Å². The van der Waals surface area contributed by atoms with Crippen molar-refractivity contribution in [2.45, 2.75) is 190 Å². The van der Waals surface area contributed by atoms with Crippen LogP contribution in [0.1, 0.15) is 87.9 Å². The summed E-state index contributed by atoms with van der Waals surface area (Å²) in [6.07, 6.45) is 1.02. The zero-order chi connectivity index (χ0) is 40.6. The Kier molecular flexibility index (Phi) is 23.0. The van der Waals surface area contributed by atoms with Gasteiger partial charge in [0, 0.05) is 46.6 Å². The molecule has 7 fully saturated rings. The molecule has 0 saturated carbocycles. The maximum atomic E-state index is 11.5. The number of carboxylic acid groups (broad SMARTS) is 1. The van der Waals surface area contributed by atoms with Crippen LogP contribution in [0, 0.1) is 23.7 Å². The summed E-state index contributed by atoms with van der Waals surface area (Å²) in [4.78, 5) is 11.1. The van der Waals surface area contributed by atoms with Crippen LogP contribution in [0.15, 0.2) is 12.2 Å². The zero-order valence-electron chi connectivity index (χ0n) is 36.9. The molecule has 21 atom stereocenters. The van der Waals surface area contributed by atoms with Crippen molar-refractivity contribution in [3.05, 3.63) is 12.2 Å². The van der Waals surface area contributed by atoms with E-state index in [1.807, 2.05) is 19.1 Å². The summed E-state index contributed by atoms with van der Waals surface area (Å²) in [6.45, 7) is 9.37. The molecule has 0 bridgehead atoms. The molecule has 7 saturated heterocycles. The third-order valence-electron chi connectivity index (χ3n) is 13.9. The van der Waals surface area contributed by atoms with Gasteiger partial charge in [0.2, 0.25) is 0 Å². The topological polar surface area (TPSA) is 211 Å². The molecule has 5 N–H and O–H groups in total. The van der Waals surface area contributed by atoms with Gasteiger partial charge in [-0.2, -0.15) is 0 Å². The van der Waals surface area contributed by atoms with Crippen LogP contribution >= 0.6 is 24.0 Å². The Bertz CT molecular complexity index is 1380. The van der Waals surface area contributed by atoms with Gasteiger partial charge in [0.05, 0.1) is 93.4 Å². The summed E-state index contributed by atoms with van der Waals surface area (Å²) in [7, 11) is 1.50. The second kappa shape index (κ2) is 24.9. The van der Waals surface area contributed by atoms with Gasteiger partial charge in [0.25, 0.3) is 0 Å². The van der Waals surface area contributed by atoms with E-state index in [4.69, 9.17) is 52.5 Å². The third kappa shape index (κ3) is 12.4. The van der Waals surface area contributed by atoms with E-state index in [1.165, 1.54) is 7.11 Å². The smallest absolute Gasteiger partial charge is 1.00 e. The molecule has 61 heavy (non-hydrogen) atoms. The van der Waals surface area contributed by atoms with Crippen molar-refractivity contribution in [2.24, 2.45) is 23.7 Å². The maximum Gasteiger partial charge on any atom is 1.00 e. The Hall–Kier alpha value is 1.08. The fourth-order valence-corrected chi connectivity index (χ4v) is 10.6. The average molecular weight is 1010 g/mol. The average Bonchev–Trinajstić information content (AvgIpc) is 3.48. The van der Waals surface area contributed by atoms with E-state index in [0.717, 1.165) is 19.3 Å². The Morgan fingerprint density at radius 2 is 1.51 bits per heavy atom. The van der Waals surface area contributed by atoms with E-state index in [2.05, 4.69) is 20.8 Å². The van der Waals surface area contributed by atoms with Gasteiger partial charge in [-0.05, 0) is 37.5 Å². The number of aliphatic carboxylic acids is 1. The number of aliphatic hydroxyl groups excluding tert-OH is 4. The molecule has 0 aromatic heterocycles. The Labute approximate surface area is 424 Å². The van der Waals surface area contributed by atoms with Gasteiger partial charge in [-0.25, -0.2) is 0 Å². The molecule has 0 aliphatic carbocycles.